The van der Waals surface area contributed by atoms with Gasteiger partial charge in [0.25, 0.3) is 0 Å². The predicted molar refractivity (Wildman–Crippen MR) is 83.3 cm³/mol. The van der Waals surface area contributed by atoms with Gasteiger partial charge in [-0.15, -0.1) is 0 Å². The summed E-state index contributed by atoms with van der Waals surface area (Å²) in [5.41, 5.74) is 0. The molecule has 0 aliphatic heterocycles. The van der Waals surface area contributed by atoms with Crippen molar-refractivity contribution >= 4 is 0 Å². The normalized spacial score (nSPS) is 14.5. The van der Waals surface area contributed by atoms with E-state index in [1.54, 1.807) is 0 Å². The predicted octanol–water partition coefficient (Wildman–Crippen LogP) is 4.68. The molecule has 0 radical (unpaired) electrons. The van der Waals surface area contributed by atoms with Gasteiger partial charge in [0, 0.05) is 6.61 Å². The van der Waals surface area contributed by atoms with Crippen LogP contribution in [0.4, 0.5) is 0 Å². The van der Waals surface area contributed by atoms with Crippen molar-refractivity contribution < 1.29 is 10.2 Å². The lowest BCUT2D eigenvalue weighted by Gasteiger charge is -2.07. The molecule has 0 bridgehead atoms. The molecule has 0 heterocycles. The lowest BCUT2D eigenvalue weighted by Crippen LogP contribution is -1.99. The first-order valence-electron chi connectivity index (χ1n) is 8.45. The van der Waals surface area contributed by atoms with Gasteiger partial charge in [-0.3, -0.25) is 0 Å². The summed E-state index contributed by atoms with van der Waals surface area (Å²) < 4.78 is 0. The van der Waals surface area contributed by atoms with Gasteiger partial charge < -0.3 is 10.2 Å². The minimum Gasteiger partial charge on any atom is -0.396 e. The van der Waals surface area contributed by atoms with E-state index >= 15 is 0 Å². The van der Waals surface area contributed by atoms with Crippen LogP contribution in [0, 0.1) is 5.92 Å². The minimum atomic E-state index is -0.117. The zero-order chi connectivity index (χ0) is 14.3. The lowest BCUT2D eigenvalue weighted by molar-refractivity contribution is 0.180. The highest BCUT2D eigenvalue weighted by molar-refractivity contribution is 4.53. The molecule has 0 aliphatic carbocycles. The summed E-state index contributed by atoms with van der Waals surface area (Å²) in [6, 6.07) is 0. The Kier molecular flexibility index (Phi) is 14.3. The maximum atomic E-state index is 9.13. The van der Waals surface area contributed by atoms with E-state index in [4.69, 9.17) is 10.2 Å². The largest absolute Gasteiger partial charge is 0.396 e. The van der Waals surface area contributed by atoms with Crippen LogP contribution in [0.25, 0.3) is 0 Å². The van der Waals surface area contributed by atoms with Gasteiger partial charge in [-0.1, -0.05) is 71.1 Å². The van der Waals surface area contributed by atoms with Crippen molar-refractivity contribution in [2.75, 3.05) is 6.61 Å². The molecule has 0 aromatic carbocycles. The van der Waals surface area contributed by atoms with Crippen LogP contribution in [0.15, 0.2) is 0 Å². The molecule has 0 aromatic heterocycles. The van der Waals surface area contributed by atoms with Crippen molar-refractivity contribution in [1.29, 1.82) is 0 Å². The highest BCUT2D eigenvalue weighted by atomic mass is 16.3. The van der Waals surface area contributed by atoms with E-state index in [0.717, 1.165) is 6.42 Å². The summed E-state index contributed by atoms with van der Waals surface area (Å²) in [4.78, 5) is 0. The number of hydrogen-bond acceptors (Lipinski definition) is 2. The average molecular weight is 272 g/mol. The second-order valence-corrected chi connectivity index (χ2v) is 6.25. The average Bonchev–Trinajstić information content (AvgIpc) is 2.39. The fourth-order valence-corrected chi connectivity index (χ4v) is 2.44. The van der Waals surface area contributed by atoms with Gasteiger partial charge in [0.1, 0.15) is 0 Å². The smallest absolute Gasteiger partial charge is 0.0512 e. The van der Waals surface area contributed by atoms with Crippen LogP contribution in [0.2, 0.25) is 0 Å². The fourth-order valence-electron chi connectivity index (χ4n) is 2.44. The summed E-state index contributed by atoms with van der Waals surface area (Å²) in [5.74, 6) is 0.488. The van der Waals surface area contributed by atoms with Gasteiger partial charge >= 0.3 is 0 Å². The second-order valence-electron chi connectivity index (χ2n) is 6.25. The van der Waals surface area contributed by atoms with Crippen molar-refractivity contribution in [1.82, 2.24) is 0 Å². The molecule has 2 N–H and O–H groups in total. The summed E-state index contributed by atoms with van der Waals surface area (Å²) in [6.45, 7) is 4.34. The van der Waals surface area contributed by atoms with Crippen LogP contribution in [0.3, 0.4) is 0 Å². The molecule has 0 spiro atoms. The molecule has 2 atom stereocenters. The Morgan fingerprint density at radius 1 is 0.632 bits per heavy atom. The van der Waals surface area contributed by atoms with Gasteiger partial charge in [-0.25, -0.2) is 0 Å². The van der Waals surface area contributed by atoms with E-state index in [1.165, 1.54) is 70.6 Å². The third-order valence-corrected chi connectivity index (χ3v) is 3.88. The van der Waals surface area contributed by atoms with Crippen molar-refractivity contribution in [2.45, 2.75) is 97.0 Å². The van der Waals surface area contributed by atoms with Crippen molar-refractivity contribution in [3.8, 4) is 0 Å². The number of aliphatic hydroxyl groups is 2. The van der Waals surface area contributed by atoms with Crippen LogP contribution < -0.4 is 0 Å². The fraction of sp³-hybridized carbons (Fsp3) is 1.00. The first kappa shape index (κ1) is 18.9. The first-order chi connectivity index (χ1) is 9.16. The van der Waals surface area contributed by atoms with Crippen molar-refractivity contribution in [2.24, 2.45) is 5.92 Å². The molecule has 0 aliphatic rings. The zero-order valence-electron chi connectivity index (χ0n) is 13.2. The van der Waals surface area contributed by atoms with Gasteiger partial charge in [0.05, 0.1) is 6.10 Å². The van der Waals surface area contributed by atoms with Gasteiger partial charge in [-0.05, 0) is 25.7 Å². The van der Waals surface area contributed by atoms with E-state index < -0.39 is 0 Å². The van der Waals surface area contributed by atoms with Crippen molar-refractivity contribution in [3.63, 3.8) is 0 Å². The quantitative estimate of drug-likeness (QED) is 0.451. The van der Waals surface area contributed by atoms with Gasteiger partial charge in [-0.2, -0.15) is 0 Å². The molecule has 0 aromatic rings. The first-order valence-corrected chi connectivity index (χ1v) is 8.45. The molecule has 116 valence electrons. The van der Waals surface area contributed by atoms with E-state index in [2.05, 4.69) is 6.92 Å². The molecule has 2 nitrogen and oxygen atoms in total. The van der Waals surface area contributed by atoms with E-state index in [9.17, 15) is 0 Å². The Balaban J connectivity index is 2.99. The Hall–Kier alpha value is -0.0800. The lowest BCUT2D eigenvalue weighted by atomic mass is 10.0. The van der Waals surface area contributed by atoms with Crippen LogP contribution >= 0.6 is 0 Å². The Morgan fingerprint density at radius 3 is 1.37 bits per heavy atom. The maximum absolute atomic E-state index is 9.13. The highest BCUT2D eigenvalue weighted by Crippen LogP contribution is 2.14. The zero-order valence-corrected chi connectivity index (χ0v) is 13.2. The molecule has 0 fully saturated rings. The molecular formula is C17H36O2. The molecule has 19 heavy (non-hydrogen) atoms. The van der Waals surface area contributed by atoms with Crippen LogP contribution in [0.1, 0.15) is 90.9 Å². The Bertz CT molecular complexity index is 169. The number of hydrogen-bond donors (Lipinski definition) is 2. The van der Waals surface area contributed by atoms with Crippen LogP contribution in [0.5, 0.6) is 0 Å². The Morgan fingerprint density at radius 2 is 1.00 bits per heavy atom. The topological polar surface area (TPSA) is 40.5 Å². The van der Waals surface area contributed by atoms with E-state index in [-0.39, 0.29) is 6.10 Å². The third-order valence-electron chi connectivity index (χ3n) is 3.88. The van der Waals surface area contributed by atoms with Gasteiger partial charge in [0.15, 0.2) is 0 Å². The van der Waals surface area contributed by atoms with Gasteiger partial charge in [0.2, 0.25) is 0 Å². The van der Waals surface area contributed by atoms with Crippen LogP contribution in [-0.2, 0) is 0 Å². The van der Waals surface area contributed by atoms with Crippen molar-refractivity contribution in [3.05, 3.63) is 0 Å². The maximum Gasteiger partial charge on any atom is 0.0512 e. The molecule has 0 saturated carbocycles. The summed E-state index contributed by atoms with van der Waals surface area (Å²) in [6.07, 6.45) is 15.3. The molecule has 0 saturated heterocycles. The number of unbranched alkanes of at least 4 members (excludes halogenated alkanes) is 9. The highest BCUT2D eigenvalue weighted by Gasteiger charge is 1.99. The summed E-state index contributed by atoms with van der Waals surface area (Å²) in [5, 5.41) is 18.0. The minimum absolute atomic E-state index is 0.117. The van der Waals surface area contributed by atoms with E-state index in [0.29, 0.717) is 12.5 Å². The monoisotopic (exact) mass is 272 g/mol. The van der Waals surface area contributed by atoms with Crippen LogP contribution in [-0.4, -0.2) is 22.9 Å². The summed E-state index contributed by atoms with van der Waals surface area (Å²) >= 11 is 0. The molecule has 2 heteroatoms. The Labute approximate surface area is 120 Å². The SMILES string of the molecule is CC(O)CCCCCCCCCCCCC(C)CO. The molecule has 0 rings (SSSR count). The third kappa shape index (κ3) is 15.9. The summed E-state index contributed by atoms with van der Waals surface area (Å²) in [7, 11) is 0. The standard InChI is InChI=1S/C17H36O2/c1-16(15-18)13-11-9-7-5-3-4-6-8-10-12-14-17(2)19/h16-19H,3-15H2,1-2H3. The molecule has 2 unspecified atom stereocenters. The molecule has 0 amide bonds. The number of aliphatic hydroxyl groups excluding tert-OH is 2. The second kappa shape index (κ2) is 14.3. The number of rotatable bonds is 14. The van der Waals surface area contributed by atoms with E-state index in [1.807, 2.05) is 6.92 Å². The molecular weight excluding hydrogens is 236 g/mol.